The van der Waals surface area contributed by atoms with Gasteiger partial charge in [-0.1, -0.05) is 18.2 Å². The highest BCUT2D eigenvalue weighted by Crippen LogP contribution is 2.38. The van der Waals surface area contributed by atoms with Crippen LogP contribution in [0.2, 0.25) is 0 Å². The van der Waals surface area contributed by atoms with Gasteiger partial charge in [-0.3, -0.25) is 14.5 Å². The van der Waals surface area contributed by atoms with Crippen molar-refractivity contribution >= 4 is 29.3 Å². The second-order valence-electron chi connectivity index (χ2n) is 11.6. The first-order valence-corrected chi connectivity index (χ1v) is 13.6. The normalized spacial score (nSPS) is 18.2. The van der Waals surface area contributed by atoms with Crippen molar-refractivity contribution in [2.24, 2.45) is 5.92 Å². The highest BCUT2D eigenvalue weighted by atomic mass is 19.4. The molecular formula is C29H33F5N4O4. The molecule has 2 atom stereocenters. The van der Waals surface area contributed by atoms with Crippen LogP contribution in [0.15, 0.2) is 42.5 Å². The van der Waals surface area contributed by atoms with E-state index in [0.717, 1.165) is 25.0 Å². The Morgan fingerprint density at radius 1 is 1.05 bits per heavy atom. The zero-order valence-electron chi connectivity index (χ0n) is 23.4. The van der Waals surface area contributed by atoms with E-state index in [9.17, 15) is 36.3 Å². The Morgan fingerprint density at radius 3 is 2.31 bits per heavy atom. The highest BCUT2D eigenvalue weighted by molar-refractivity contribution is 6.04. The van der Waals surface area contributed by atoms with Gasteiger partial charge in [-0.2, -0.15) is 13.2 Å². The fourth-order valence-corrected chi connectivity index (χ4v) is 4.74. The van der Waals surface area contributed by atoms with Gasteiger partial charge in [0.15, 0.2) is 0 Å². The molecule has 1 aliphatic heterocycles. The number of ether oxygens (including phenoxy) is 1. The van der Waals surface area contributed by atoms with E-state index in [1.807, 2.05) is 0 Å². The Kier molecular flexibility index (Phi) is 8.98. The number of halogens is 5. The third-order valence-corrected chi connectivity index (χ3v) is 6.76. The molecular weight excluding hydrogens is 563 g/mol. The van der Waals surface area contributed by atoms with E-state index in [0.29, 0.717) is 29.1 Å². The predicted octanol–water partition coefficient (Wildman–Crippen LogP) is 4.71. The number of benzene rings is 2. The molecule has 0 bridgehead atoms. The Hall–Kier alpha value is -3.90. The van der Waals surface area contributed by atoms with Crippen molar-refractivity contribution in [3.63, 3.8) is 0 Å². The van der Waals surface area contributed by atoms with Gasteiger partial charge < -0.3 is 20.3 Å². The van der Waals surface area contributed by atoms with Crippen molar-refractivity contribution in [3.8, 4) is 0 Å². The Labute approximate surface area is 240 Å². The highest BCUT2D eigenvalue weighted by Gasteiger charge is 2.42. The standard InChI is InChI=1S/C29H33F5N4O4/c1-28(2,3)42-27(41)36-21(12-18-10-11-19(30)13-20(18)31)25(39)35-22-15-37(14-17-8-9-17)23-6-4-5-7-24(23)38(26(22)40)16-29(32,33)34/h4-7,10-11,13,17,21-22H,8-9,12,14-16H2,1-3H3,(H,35,39)(H,36,41). The predicted molar refractivity (Wildman–Crippen MR) is 145 cm³/mol. The molecule has 42 heavy (non-hydrogen) atoms. The number of hydrogen-bond acceptors (Lipinski definition) is 5. The molecule has 2 aliphatic rings. The largest absolute Gasteiger partial charge is 0.444 e. The number of amides is 3. The lowest BCUT2D eigenvalue weighted by atomic mass is 10.0. The molecule has 0 radical (unpaired) electrons. The number of alkyl halides is 3. The molecule has 1 heterocycles. The Morgan fingerprint density at radius 2 is 1.71 bits per heavy atom. The van der Waals surface area contributed by atoms with Crippen LogP contribution >= 0.6 is 0 Å². The summed E-state index contributed by atoms with van der Waals surface area (Å²) in [6, 6.07) is 6.01. The molecule has 0 aromatic heterocycles. The average molecular weight is 597 g/mol. The molecule has 1 saturated carbocycles. The summed E-state index contributed by atoms with van der Waals surface area (Å²) < 4.78 is 74.2. The van der Waals surface area contributed by atoms with Crippen molar-refractivity contribution in [1.29, 1.82) is 0 Å². The number of rotatable bonds is 8. The smallest absolute Gasteiger partial charge is 0.408 e. The first kappa shape index (κ1) is 31.0. The molecule has 228 valence electrons. The summed E-state index contributed by atoms with van der Waals surface area (Å²) in [6.07, 6.45) is -4.33. The van der Waals surface area contributed by atoms with Gasteiger partial charge in [-0.05, 0) is 63.3 Å². The molecule has 3 amide bonds. The number of anilines is 2. The van der Waals surface area contributed by atoms with Crippen molar-refractivity contribution in [2.75, 3.05) is 29.4 Å². The molecule has 0 spiro atoms. The topological polar surface area (TPSA) is 91.0 Å². The number of carbonyl (C=O) groups is 3. The van der Waals surface area contributed by atoms with Gasteiger partial charge in [0.1, 0.15) is 35.9 Å². The zero-order valence-corrected chi connectivity index (χ0v) is 23.4. The number of nitrogens with zero attached hydrogens (tertiary/aromatic N) is 2. The molecule has 0 saturated heterocycles. The van der Waals surface area contributed by atoms with Gasteiger partial charge in [0, 0.05) is 25.6 Å². The number of carbonyl (C=O) groups excluding carboxylic acids is 3. The summed E-state index contributed by atoms with van der Waals surface area (Å²) in [7, 11) is 0. The number of alkyl carbamates (subject to hydrolysis) is 1. The Balaban J connectivity index is 1.64. The fraction of sp³-hybridized carbons (Fsp3) is 0.483. The van der Waals surface area contributed by atoms with Crippen molar-refractivity contribution in [2.45, 2.75) is 63.9 Å². The molecule has 2 unspecified atom stereocenters. The van der Waals surface area contributed by atoms with Gasteiger partial charge >= 0.3 is 12.3 Å². The van der Waals surface area contributed by atoms with Crippen molar-refractivity contribution in [1.82, 2.24) is 10.6 Å². The summed E-state index contributed by atoms with van der Waals surface area (Å²) >= 11 is 0. The van der Waals surface area contributed by atoms with Crippen LogP contribution in [0.1, 0.15) is 39.2 Å². The SMILES string of the molecule is CC(C)(C)OC(=O)NC(Cc1ccc(F)cc1F)C(=O)NC1CN(CC2CC2)c2ccccc2N(CC(F)(F)F)C1=O. The van der Waals surface area contributed by atoms with Crippen LogP contribution in [-0.4, -0.2) is 61.4 Å². The molecule has 2 aromatic rings. The second-order valence-corrected chi connectivity index (χ2v) is 11.6. The first-order valence-electron chi connectivity index (χ1n) is 13.6. The van der Waals surface area contributed by atoms with Crippen molar-refractivity contribution in [3.05, 3.63) is 59.7 Å². The van der Waals surface area contributed by atoms with E-state index < -0.39 is 66.4 Å². The Bertz CT molecular complexity index is 1330. The summed E-state index contributed by atoms with van der Waals surface area (Å²) in [5.74, 6) is -3.46. The maximum Gasteiger partial charge on any atom is 0.408 e. The summed E-state index contributed by atoms with van der Waals surface area (Å²) in [6.45, 7) is 3.53. The van der Waals surface area contributed by atoms with Crippen LogP contribution < -0.4 is 20.4 Å². The van der Waals surface area contributed by atoms with Gasteiger partial charge in [-0.15, -0.1) is 0 Å². The number of fused-ring (bicyclic) bond motifs is 1. The number of para-hydroxylation sites is 2. The minimum Gasteiger partial charge on any atom is -0.444 e. The molecule has 1 fully saturated rings. The van der Waals surface area contributed by atoms with Gasteiger partial charge in [0.05, 0.1) is 11.4 Å². The van der Waals surface area contributed by atoms with Gasteiger partial charge in [-0.25, -0.2) is 13.6 Å². The zero-order chi connectivity index (χ0) is 30.8. The third kappa shape index (κ3) is 8.32. The maximum absolute atomic E-state index is 14.5. The van der Waals surface area contributed by atoms with E-state index in [4.69, 9.17) is 4.74 Å². The van der Waals surface area contributed by atoms with E-state index in [1.54, 1.807) is 37.8 Å². The molecule has 2 aromatic carbocycles. The van der Waals surface area contributed by atoms with Crippen LogP contribution in [0.5, 0.6) is 0 Å². The lowest BCUT2D eigenvalue weighted by molar-refractivity contribution is -0.135. The molecule has 2 N–H and O–H groups in total. The van der Waals surface area contributed by atoms with E-state index in [-0.39, 0.29) is 17.8 Å². The van der Waals surface area contributed by atoms with Crippen LogP contribution in [0.4, 0.5) is 38.1 Å². The van der Waals surface area contributed by atoms with Crippen LogP contribution in [0.3, 0.4) is 0 Å². The lowest BCUT2D eigenvalue weighted by Crippen LogP contribution is -2.58. The average Bonchev–Trinajstić information content (AvgIpc) is 3.70. The maximum atomic E-state index is 14.5. The molecule has 13 heteroatoms. The monoisotopic (exact) mass is 596 g/mol. The molecule has 8 nitrogen and oxygen atoms in total. The lowest BCUT2D eigenvalue weighted by Gasteiger charge is -2.28. The molecule has 1 aliphatic carbocycles. The summed E-state index contributed by atoms with van der Waals surface area (Å²) in [4.78, 5) is 42.1. The molecule has 4 rings (SSSR count). The summed E-state index contributed by atoms with van der Waals surface area (Å²) in [5.41, 5.74) is -0.567. The minimum absolute atomic E-state index is 0.0639. The van der Waals surface area contributed by atoms with Crippen LogP contribution in [-0.2, 0) is 20.7 Å². The van der Waals surface area contributed by atoms with E-state index in [1.165, 1.54) is 12.1 Å². The van der Waals surface area contributed by atoms with Gasteiger partial charge in [0.25, 0.3) is 5.91 Å². The fourth-order valence-electron chi connectivity index (χ4n) is 4.74. The minimum atomic E-state index is -4.73. The van der Waals surface area contributed by atoms with Crippen LogP contribution in [0, 0.1) is 17.6 Å². The number of hydrogen-bond donors (Lipinski definition) is 2. The van der Waals surface area contributed by atoms with Crippen molar-refractivity contribution < 1.29 is 41.1 Å². The van der Waals surface area contributed by atoms with Crippen LogP contribution in [0.25, 0.3) is 0 Å². The van der Waals surface area contributed by atoms with Gasteiger partial charge in [0.2, 0.25) is 5.91 Å². The van der Waals surface area contributed by atoms with E-state index in [2.05, 4.69) is 10.6 Å². The quantitative estimate of drug-likeness (QED) is 0.431. The summed E-state index contributed by atoms with van der Waals surface area (Å²) in [5, 5.41) is 4.85. The van der Waals surface area contributed by atoms with E-state index >= 15 is 0 Å². The first-order chi connectivity index (χ1) is 19.6. The second kappa shape index (κ2) is 12.1. The number of nitrogens with one attached hydrogen (secondary N) is 2. The third-order valence-electron chi connectivity index (χ3n) is 6.76.